The molecule has 1 atom stereocenters. The molecule has 6 heteroatoms. The SMILES string of the molecule is CCOCCCNC(=O)[C@@H]1c2ccccc2C(=O)N(CCOC)C12CCCCC2. The number of ether oxygens (including phenoxy) is 2. The molecule has 0 bridgehead atoms. The van der Waals surface area contributed by atoms with Gasteiger partial charge in [0, 0.05) is 39.0 Å². The van der Waals surface area contributed by atoms with E-state index < -0.39 is 5.54 Å². The molecule has 0 radical (unpaired) electrons. The Morgan fingerprint density at radius 2 is 1.97 bits per heavy atom. The average Bonchev–Trinajstić information content (AvgIpc) is 2.74. The molecule has 1 aliphatic heterocycles. The molecule has 2 amide bonds. The molecular weight excluding hydrogens is 368 g/mol. The van der Waals surface area contributed by atoms with Crippen molar-refractivity contribution in [2.45, 2.75) is 56.9 Å². The Morgan fingerprint density at radius 1 is 1.21 bits per heavy atom. The quantitative estimate of drug-likeness (QED) is 0.645. The van der Waals surface area contributed by atoms with Crippen LogP contribution in [0.15, 0.2) is 24.3 Å². The summed E-state index contributed by atoms with van der Waals surface area (Å²) in [5.74, 6) is -0.300. The summed E-state index contributed by atoms with van der Waals surface area (Å²) in [7, 11) is 1.65. The molecule has 29 heavy (non-hydrogen) atoms. The highest BCUT2D eigenvalue weighted by Crippen LogP contribution is 2.49. The third-order valence-electron chi connectivity index (χ3n) is 6.29. The summed E-state index contributed by atoms with van der Waals surface area (Å²) in [6, 6.07) is 7.62. The van der Waals surface area contributed by atoms with Crippen LogP contribution in [0.5, 0.6) is 0 Å². The summed E-state index contributed by atoms with van der Waals surface area (Å²) >= 11 is 0. The number of carbonyl (C=O) groups excluding carboxylic acids is 2. The second-order valence-corrected chi connectivity index (χ2v) is 7.98. The summed E-state index contributed by atoms with van der Waals surface area (Å²) in [6.45, 7) is 4.86. The predicted molar refractivity (Wildman–Crippen MR) is 112 cm³/mol. The Hall–Kier alpha value is -1.92. The van der Waals surface area contributed by atoms with Crippen LogP contribution in [0.2, 0.25) is 0 Å². The second-order valence-electron chi connectivity index (χ2n) is 7.98. The molecule has 1 N–H and O–H groups in total. The van der Waals surface area contributed by atoms with Crippen LogP contribution in [0.1, 0.15) is 67.3 Å². The van der Waals surface area contributed by atoms with Gasteiger partial charge in [0.05, 0.1) is 18.1 Å². The van der Waals surface area contributed by atoms with Crippen LogP contribution < -0.4 is 5.32 Å². The Balaban J connectivity index is 1.93. The number of nitrogens with zero attached hydrogens (tertiary/aromatic N) is 1. The van der Waals surface area contributed by atoms with Crippen molar-refractivity contribution in [1.82, 2.24) is 10.2 Å². The van der Waals surface area contributed by atoms with E-state index in [9.17, 15) is 9.59 Å². The van der Waals surface area contributed by atoms with Crippen LogP contribution in [-0.4, -0.2) is 62.3 Å². The van der Waals surface area contributed by atoms with Gasteiger partial charge >= 0.3 is 0 Å². The maximum Gasteiger partial charge on any atom is 0.254 e. The van der Waals surface area contributed by atoms with Crippen LogP contribution in [-0.2, 0) is 14.3 Å². The Bertz CT molecular complexity index is 700. The van der Waals surface area contributed by atoms with E-state index in [2.05, 4.69) is 5.32 Å². The van der Waals surface area contributed by atoms with Gasteiger partial charge in [-0.15, -0.1) is 0 Å². The molecule has 1 aromatic carbocycles. The fourth-order valence-electron chi connectivity index (χ4n) is 4.98. The third-order valence-corrected chi connectivity index (χ3v) is 6.29. The molecule has 1 aliphatic carbocycles. The van der Waals surface area contributed by atoms with Crippen LogP contribution in [0.4, 0.5) is 0 Å². The van der Waals surface area contributed by atoms with Gasteiger partial charge in [0.2, 0.25) is 5.91 Å². The first-order chi connectivity index (χ1) is 14.2. The molecule has 1 spiro atoms. The van der Waals surface area contributed by atoms with E-state index in [0.717, 1.165) is 44.1 Å². The summed E-state index contributed by atoms with van der Waals surface area (Å²) in [4.78, 5) is 28.8. The molecule has 1 heterocycles. The van der Waals surface area contributed by atoms with E-state index in [1.165, 1.54) is 0 Å². The van der Waals surface area contributed by atoms with E-state index in [1.807, 2.05) is 36.1 Å². The lowest BCUT2D eigenvalue weighted by Gasteiger charge is -2.53. The molecule has 6 nitrogen and oxygen atoms in total. The summed E-state index contributed by atoms with van der Waals surface area (Å²) in [5.41, 5.74) is 1.05. The highest BCUT2D eigenvalue weighted by molar-refractivity contribution is 6.02. The number of carbonyl (C=O) groups is 2. The average molecular weight is 403 g/mol. The molecular formula is C23H34N2O4. The van der Waals surface area contributed by atoms with Gasteiger partial charge in [-0.2, -0.15) is 0 Å². The van der Waals surface area contributed by atoms with Gasteiger partial charge in [-0.05, 0) is 37.8 Å². The Labute approximate surface area is 173 Å². The normalized spacial score (nSPS) is 20.6. The van der Waals surface area contributed by atoms with Crippen molar-refractivity contribution < 1.29 is 19.1 Å². The lowest BCUT2D eigenvalue weighted by atomic mass is 9.65. The number of rotatable bonds is 9. The number of hydrogen-bond acceptors (Lipinski definition) is 4. The van der Waals surface area contributed by atoms with Gasteiger partial charge in [-0.3, -0.25) is 9.59 Å². The molecule has 3 rings (SSSR count). The van der Waals surface area contributed by atoms with Crippen LogP contribution >= 0.6 is 0 Å². The van der Waals surface area contributed by atoms with Crippen molar-refractivity contribution in [3.05, 3.63) is 35.4 Å². The summed E-state index contributed by atoms with van der Waals surface area (Å²) in [5, 5.41) is 3.13. The minimum atomic E-state index is -0.466. The van der Waals surface area contributed by atoms with E-state index >= 15 is 0 Å². The number of benzene rings is 1. The molecule has 1 saturated carbocycles. The number of methoxy groups -OCH3 is 1. The largest absolute Gasteiger partial charge is 0.383 e. The van der Waals surface area contributed by atoms with Crippen molar-refractivity contribution >= 4 is 11.8 Å². The first kappa shape index (κ1) is 21.8. The zero-order chi connectivity index (χ0) is 20.7. The molecule has 160 valence electrons. The van der Waals surface area contributed by atoms with Gasteiger partial charge in [0.15, 0.2) is 0 Å². The standard InChI is InChI=1S/C23H34N2O4/c1-3-29-16-9-14-24-21(26)20-18-10-5-6-11-19(18)22(27)25(15-17-28-2)23(20)12-7-4-8-13-23/h5-6,10-11,20H,3-4,7-9,12-17H2,1-2H3,(H,24,26)/t20-/m0/s1. The molecule has 2 aliphatic rings. The number of amides is 2. The topological polar surface area (TPSA) is 67.9 Å². The highest BCUT2D eigenvalue weighted by Gasteiger charge is 2.54. The van der Waals surface area contributed by atoms with Crippen molar-refractivity contribution in [3.63, 3.8) is 0 Å². The minimum absolute atomic E-state index is 0.0192. The lowest BCUT2D eigenvalue weighted by Crippen LogP contribution is -2.63. The maximum atomic E-state index is 13.5. The third kappa shape index (κ3) is 4.48. The number of hydrogen-bond donors (Lipinski definition) is 1. The zero-order valence-corrected chi connectivity index (χ0v) is 17.7. The lowest BCUT2D eigenvalue weighted by molar-refractivity contribution is -0.127. The highest BCUT2D eigenvalue weighted by atomic mass is 16.5. The van der Waals surface area contributed by atoms with E-state index in [-0.39, 0.29) is 17.7 Å². The molecule has 1 fully saturated rings. The maximum absolute atomic E-state index is 13.5. The van der Waals surface area contributed by atoms with Gasteiger partial charge in [0.1, 0.15) is 0 Å². The fourth-order valence-corrected chi connectivity index (χ4v) is 4.98. The number of nitrogens with one attached hydrogen (secondary N) is 1. The summed E-state index contributed by atoms with van der Waals surface area (Å²) < 4.78 is 10.7. The monoisotopic (exact) mass is 402 g/mol. The van der Waals surface area contributed by atoms with E-state index in [1.54, 1.807) is 7.11 Å². The van der Waals surface area contributed by atoms with Crippen molar-refractivity contribution in [3.8, 4) is 0 Å². The molecule has 0 saturated heterocycles. The molecule has 1 aromatic rings. The van der Waals surface area contributed by atoms with Crippen molar-refractivity contribution in [2.75, 3.05) is 40.0 Å². The molecule has 0 aromatic heterocycles. The Morgan fingerprint density at radius 3 is 2.69 bits per heavy atom. The second kappa shape index (κ2) is 10.2. The van der Waals surface area contributed by atoms with Crippen molar-refractivity contribution in [2.24, 2.45) is 0 Å². The van der Waals surface area contributed by atoms with E-state index in [4.69, 9.17) is 9.47 Å². The smallest absolute Gasteiger partial charge is 0.254 e. The summed E-state index contributed by atoms with van der Waals surface area (Å²) in [6.07, 6.45) is 5.72. The molecule has 0 unspecified atom stereocenters. The van der Waals surface area contributed by atoms with Gasteiger partial charge in [0.25, 0.3) is 5.91 Å². The van der Waals surface area contributed by atoms with Gasteiger partial charge in [-0.25, -0.2) is 0 Å². The van der Waals surface area contributed by atoms with Crippen LogP contribution in [0.25, 0.3) is 0 Å². The van der Waals surface area contributed by atoms with Gasteiger partial charge in [-0.1, -0.05) is 37.5 Å². The first-order valence-electron chi connectivity index (χ1n) is 10.9. The minimum Gasteiger partial charge on any atom is -0.383 e. The predicted octanol–water partition coefficient (Wildman–Crippen LogP) is 3.12. The van der Waals surface area contributed by atoms with Crippen LogP contribution in [0, 0.1) is 0 Å². The van der Waals surface area contributed by atoms with Crippen LogP contribution in [0.3, 0.4) is 0 Å². The number of fused-ring (bicyclic) bond motifs is 1. The first-order valence-corrected chi connectivity index (χ1v) is 10.9. The van der Waals surface area contributed by atoms with Gasteiger partial charge < -0.3 is 19.7 Å². The van der Waals surface area contributed by atoms with E-state index in [0.29, 0.717) is 38.5 Å². The zero-order valence-electron chi connectivity index (χ0n) is 17.7. The Kier molecular flexibility index (Phi) is 7.67. The fraction of sp³-hybridized carbons (Fsp3) is 0.652. The van der Waals surface area contributed by atoms with Crippen molar-refractivity contribution in [1.29, 1.82) is 0 Å².